The number of aryl methyl sites for hydroxylation is 2. The fraction of sp³-hybridized carbons (Fsp3) is 0.600. The molecular weight excluding hydrogens is 244 g/mol. The quantitative estimate of drug-likeness (QED) is 0.852. The Morgan fingerprint density at radius 3 is 2.44 bits per heavy atom. The highest BCUT2D eigenvalue weighted by atomic mass is 32.2. The molecule has 1 N–H and O–H groups in total. The maximum Gasteiger partial charge on any atom is 0.125 e. The molecule has 0 spiro atoms. The molecule has 0 radical (unpaired) electrons. The highest BCUT2D eigenvalue weighted by Gasteiger charge is 2.16. The minimum absolute atomic E-state index is 0.454. The number of hydrogen-bond acceptors (Lipinski definition) is 3. The van der Waals surface area contributed by atoms with Gasteiger partial charge in [-0.05, 0) is 42.7 Å². The Bertz CT molecular complexity index is 388. The zero-order chi connectivity index (χ0) is 13.7. The Balaban J connectivity index is 2.81. The van der Waals surface area contributed by atoms with Crippen LogP contribution in [0, 0.1) is 19.8 Å². The monoisotopic (exact) mass is 268 g/mol. The number of rotatable bonds is 6. The van der Waals surface area contributed by atoms with Crippen LogP contribution in [0.1, 0.15) is 36.6 Å². The molecule has 0 aliphatic carbocycles. The van der Waals surface area contributed by atoms with Crippen LogP contribution in [0.4, 0.5) is 0 Å². The third-order valence-corrected chi connectivity index (χ3v) is 4.23. The second kappa shape index (κ2) is 7.05. The summed E-state index contributed by atoms with van der Waals surface area (Å²) < 4.78 is 5.39. The molecule has 1 rings (SSSR count). The predicted molar refractivity (Wildman–Crippen MR) is 79.6 cm³/mol. The number of methoxy groups -OCH3 is 1. The van der Waals surface area contributed by atoms with Crippen molar-refractivity contribution in [2.45, 2.75) is 33.8 Å². The molecule has 0 aliphatic rings. The summed E-state index contributed by atoms with van der Waals surface area (Å²) in [5, 5.41) is 10.3. The summed E-state index contributed by atoms with van der Waals surface area (Å²) in [7, 11) is 1.66. The molecular formula is C15H24O2S. The van der Waals surface area contributed by atoms with Gasteiger partial charge in [0.05, 0.1) is 13.2 Å². The van der Waals surface area contributed by atoms with Crippen molar-refractivity contribution in [1.29, 1.82) is 0 Å². The van der Waals surface area contributed by atoms with Crippen molar-refractivity contribution in [1.82, 2.24) is 0 Å². The topological polar surface area (TPSA) is 29.5 Å². The van der Waals surface area contributed by atoms with E-state index in [1.807, 2.05) is 19.9 Å². The molecule has 0 bridgehead atoms. The molecule has 1 aromatic rings. The van der Waals surface area contributed by atoms with Gasteiger partial charge in [-0.2, -0.15) is 11.8 Å². The lowest BCUT2D eigenvalue weighted by atomic mass is 10.0. The molecule has 1 aromatic carbocycles. The number of benzene rings is 1. The van der Waals surface area contributed by atoms with E-state index >= 15 is 0 Å². The molecule has 1 unspecified atom stereocenters. The van der Waals surface area contributed by atoms with Gasteiger partial charge >= 0.3 is 0 Å². The van der Waals surface area contributed by atoms with Crippen molar-refractivity contribution in [3.63, 3.8) is 0 Å². The zero-order valence-corrected chi connectivity index (χ0v) is 12.8. The van der Waals surface area contributed by atoms with Crippen LogP contribution in [-0.4, -0.2) is 23.7 Å². The van der Waals surface area contributed by atoms with Crippen molar-refractivity contribution < 1.29 is 9.84 Å². The van der Waals surface area contributed by atoms with Gasteiger partial charge in [0.15, 0.2) is 0 Å². The van der Waals surface area contributed by atoms with Crippen molar-refractivity contribution >= 4 is 11.8 Å². The third-order valence-electron chi connectivity index (χ3n) is 2.77. The molecule has 0 amide bonds. The summed E-state index contributed by atoms with van der Waals surface area (Å²) in [5.41, 5.74) is 3.19. The summed E-state index contributed by atoms with van der Waals surface area (Å²) in [6.07, 6.45) is -0.454. The van der Waals surface area contributed by atoms with Gasteiger partial charge in [-0.3, -0.25) is 0 Å². The minimum atomic E-state index is -0.454. The van der Waals surface area contributed by atoms with Crippen molar-refractivity contribution in [2.24, 2.45) is 5.92 Å². The summed E-state index contributed by atoms with van der Waals surface area (Å²) >= 11 is 1.79. The lowest BCUT2D eigenvalue weighted by Gasteiger charge is -2.18. The lowest BCUT2D eigenvalue weighted by molar-refractivity contribution is 0.198. The van der Waals surface area contributed by atoms with E-state index in [4.69, 9.17) is 4.74 Å². The first-order chi connectivity index (χ1) is 8.45. The number of aliphatic hydroxyl groups excluding tert-OH is 1. The molecule has 0 saturated carbocycles. The predicted octanol–water partition coefficient (Wildman–Crippen LogP) is 3.73. The standard InChI is InChI=1S/C15H24O2S/c1-10(2)8-18-9-13(16)15-12(4)6-11(3)7-14(15)17-5/h6-7,10,13,16H,8-9H2,1-5H3. The van der Waals surface area contributed by atoms with E-state index in [1.165, 1.54) is 0 Å². The average molecular weight is 268 g/mol. The van der Waals surface area contributed by atoms with Crippen LogP contribution in [0.3, 0.4) is 0 Å². The fourth-order valence-electron chi connectivity index (χ4n) is 2.03. The lowest BCUT2D eigenvalue weighted by Crippen LogP contribution is -2.07. The fourth-order valence-corrected chi connectivity index (χ4v) is 3.03. The van der Waals surface area contributed by atoms with Gasteiger partial charge < -0.3 is 9.84 Å². The van der Waals surface area contributed by atoms with E-state index in [0.717, 1.165) is 33.9 Å². The Morgan fingerprint density at radius 1 is 1.22 bits per heavy atom. The molecule has 1 atom stereocenters. The Labute approximate surface area is 115 Å². The Morgan fingerprint density at radius 2 is 1.89 bits per heavy atom. The molecule has 0 fully saturated rings. The van der Waals surface area contributed by atoms with E-state index in [0.29, 0.717) is 5.92 Å². The summed E-state index contributed by atoms with van der Waals surface area (Å²) in [6.45, 7) is 8.45. The van der Waals surface area contributed by atoms with Gasteiger partial charge in [0.2, 0.25) is 0 Å². The third kappa shape index (κ3) is 4.21. The SMILES string of the molecule is COc1cc(C)cc(C)c1C(O)CSCC(C)C. The molecule has 0 saturated heterocycles. The summed E-state index contributed by atoms with van der Waals surface area (Å²) in [6, 6.07) is 4.08. The molecule has 3 heteroatoms. The van der Waals surface area contributed by atoms with Crippen LogP contribution in [0.5, 0.6) is 5.75 Å². The maximum atomic E-state index is 10.3. The molecule has 18 heavy (non-hydrogen) atoms. The van der Waals surface area contributed by atoms with Crippen LogP contribution < -0.4 is 4.74 Å². The van der Waals surface area contributed by atoms with Crippen LogP contribution in [0.2, 0.25) is 0 Å². The van der Waals surface area contributed by atoms with Crippen LogP contribution in [-0.2, 0) is 0 Å². The molecule has 0 aliphatic heterocycles. The summed E-state index contributed by atoms with van der Waals surface area (Å²) in [5.74, 6) is 3.25. The number of ether oxygens (including phenoxy) is 1. The first kappa shape index (κ1) is 15.4. The van der Waals surface area contributed by atoms with Crippen LogP contribution >= 0.6 is 11.8 Å². The van der Waals surface area contributed by atoms with Crippen molar-refractivity contribution in [3.05, 3.63) is 28.8 Å². The second-order valence-corrected chi connectivity index (χ2v) is 6.22. The van der Waals surface area contributed by atoms with Gasteiger partial charge in [-0.25, -0.2) is 0 Å². The highest BCUT2D eigenvalue weighted by molar-refractivity contribution is 7.99. The summed E-state index contributed by atoms with van der Waals surface area (Å²) in [4.78, 5) is 0. The van der Waals surface area contributed by atoms with Gasteiger partial charge in [0, 0.05) is 11.3 Å². The first-order valence-corrected chi connectivity index (χ1v) is 7.52. The second-order valence-electron chi connectivity index (χ2n) is 5.14. The number of aliphatic hydroxyl groups is 1. The average Bonchev–Trinajstić information content (AvgIpc) is 2.26. The van der Waals surface area contributed by atoms with Gasteiger partial charge in [-0.1, -0.05) is 19.9 Å². The van der Waals surface area contributed by atoms with Crippen LogP contribution in [0.15, 0.2) is 12.1 Å². The molecule has 0 heterocycles. The molecule has 2 nitrogen and oxygen atoms in total. The smallest absolute Gasteiger partial charge is 0.125 e. The first-order valence-electron chi connectivity index (χ1n) is 6.36. The zero-order valence-electron chi connectivity index (χ0n) is 12.0. The van der Waals surface area contributed by atoms with E-state index in [1.54, 1.807) is 18.9 Å². The number of thioether (sulfide) groups is 1. The van der Waals surface area contributed by atoms with Crippen molar-refractivity contribution in [3.8, 4) is 5.75 Å². The normalized spacial score (nSPS) is 12.8. The van der Waals surface area contributed by atoms with Crippen molar-refractivity contribution in [2.75, 3.05) is 18.6 Å². The minimum Gasteiger partial charge on any atom is -0.496 e. The Kier molecular flexibility index (Phi) is 6.03. The van der Waals surface area contributed by atoms with Crippen LogP contribution in [0.25, 0.3) is 0 Å². The van der Waals surface area contributed by atoms with Gasteiger partial charge in [0.1, 0.15) is 5.75 Å². The van der Waals surface area contributed by atoms with E-state index in [-0.39, 0.29) is 0 Å². The van der Waals surface area contributed by atoms with E-state index in [9.17, 15) is 5.11 Å². The molecule has 0 aromatic heterocycles. The highest BCUT2D eigenvalue weighted by Crippen LogP contribution is 2.32. The Hall–Kier alpha value is -0.670. The number of hydrogen-bond donors (Lipinski definition) is 1. The largest absolute Gasteiger partial charge is 0.496 e. The van der Waals surface area contributed by atoms with E-state index < -0.39 is 6.10 Å². The van der Waals surface area contributed by atoms with Gasteiger partial charge in [0.25, 0.3) is 0 Å². The van der Waals surface area contributed by atoms with Gasteiger partial charge in [-0.15, -0.1) is 0 Å². The molecule has 102 valence electrons. The maximum absolute atomic E-state index is 10.3. The van der Waals surface area contributed by atoms with E-state index in [2.05, 4.69) is 19.9 Å².